The van der Waals surface area contributed by atoms with E-state index in [1.807, 2.05) is 6.07 Å². The molecule has 0 unspecified atom stereocenters. The Bertz CT molecular complexity index is 512. The van der Waals surface area contributed by atoms with Gasteiger partial charge in [0.25, 0.3) is 5.91 Å². The van der Waals surface area contributed by atoms with Crippen LogP contribution in [0.25, 0.3) is 0 Å². The molecular formula is C15H19F3N2O2. The minimum atomic E-state index is -4.17. The third-order valence-electron chi connectivity index (χ3n) is 3.81. The highest BCUT2D eigenvalue weighted by atomic mass is 19.4. The van der Waals surface area contributed by atoms with Crippen LogP contribution in [0.3, 0.4) is 0 Å². The van der Waals surface area contributed by atoms with Crippen LogP contribution in [0.5, 0.6) is 5.75 Å². The molecule has 1 aliphatic rings. The van der Waals surface area contributed by atoms with Gasteiger partial charge in [-0.15, -0.1) is 0 Å². The number of carbonyl (C=O) groups is 1. The highest BCUT2D eigenvalue weighted by Crippen LogP contribution is 2.34. The van der Waals surface area contributed by atoms with Crippen molar-refractivity contribution in [2.75, 3.05) is 19.7 Å². The van der Waals surface area contributed by atoms with E-state index in [1.165, 1.54) is 4.90 Å². The Morgan fingerprint density at radius 2 is 2.00 bits per heavy atom. The van der Waals surface area contributed by atoms with Crippen molar-refractivity contribution in [2.45, 2.75) is 25.6 Å². The molecule has 1 saturated heterocycles. The Labute approximate surface area is 127 Å². The minimum absolute atomic E-state index is 0.0438. The lowest BCUT2D eigenvalue weighted by Gasteiger charge is -2.32. The van der Waals surface area contributed by atoms with Crippen LogP contribution in [0.15, 0.2) is 24.3 Å². The van der Waals surface area contributed by atoms with Crippen LogP contribution in [-0.4, -0.2) is 36.7 Å². The van der Waals surface area contributed by atoms with Crippen LogP contribution in [0.4, 0.5) is 13.2 Å². The summed E-state index contributed by atoms with van der Waals surface area (Å²) in [5.41, 5.74) is 6.40. The molecule has 1 heterocycles. The molecule has 1 fully saturated rings. The van der Waals surface area contributed by atoms with Crippen LogP contribution >= 0.6 is 0 Å². The van der Waals surface area contributed by atoms with Gasteiger partial charge in [0.1, 0.15) is 5.75 Å². The Morgan fingerprint density at radius 1 is 1.32 bits per heavy atom. The molecule has 0 aromatic heterocycles. The lowest BCUT2D eigenvalue weighted by atomic mass is 9.96. The van der Waals surface area contributed by atoms with Gasteiger partial charge < -0.3 is 15.4 Å². The van der Waals surface area contributed by atoms with Crippen molar-refractivity contribution in [1.29, 1.82) is 0 Å². The van der Waals surface area contributed by atoms with Gasteiger partial charge in [-0.25, -0.2) is 0 Å². The van der Waals surface area contributed by atoms with Crippen LogP contribution in [0.1, 0.15) is 18.4 Å². The summed E-state index contributed by atoms with van der Waals surface area (Å²) in [6.45, 7) is 0.436. The minimum Gasteiger partial charge on any atom is -0.484 e. The molecule has 0 saturated carbocycles. The van der Waals surface area contributed by atoms with Crippen molar-refractivity contribution in [3.8, 4) is 5.75 Å². The second-order valence-electron chi connectivity index (χ2n) is 5.34. The van der Waals surface area contributed by atoms with Gasteiger partial charge in [0.05, 0.1) is 5.92 Å². The number of carbonyl (C=O) groups excluding carboxylic acids is 1. The molecule has 1 aliphatic heterocycles. The van der Waals surface area contributed by atoms with Crippen molar-refractivity contribution in [3.05, 3.63) is 29.8 Å². The number of rotatable bonds is 4. The van der Waals surface area contributed by atoms with Crippen LogP contribution in [-0.2, 0) is 11.3 Å². The Morgan fingerprint density at radius 3 is 2.59 bits per heavy atom. The number of nitrogens with zero attached hydrogens (tertiary/aromatic N) is 1. The largest absolute Gasteiger partial charge is 0.484 e. The van der Waals surface area contributed by atoms with Gasteiger partial charge in [0.2, 0.25) is 0 Å². The molecule has 1 amide bonds. The van der Waals surface area contributed by atoms with Crippen LogP contribution < -0.4 is 10.5 Å². The average molecular weight is 316 g/mol. The number of hydrogen-bond donors (Lipinski definition) is 1. The maximum absolute atomic E-state index is 12.6. The first-order valence-electron chi connectivity index (χ1n) is 7.16. The van der Waals surface area contributed by atoms with E-state index in [0.29, 0.717) is 12.3 Å². The van der Waals surface area contributed by atoms with Gasteiger partial charge in [0.15, 0.2) is 6.61 Å². The van der Waals surface area contributed by atoms with Crippen molar-refractivity contribution in [3.63, 3.8) is 0 Å². The Kier molecular flexibility index (Phi) is 5.28. The zero-order valence-corrected chi connectivity index (χ0v) is 12.1. The second kappa shape index (κ2) is 7.00. The fourth-order valence-corrected chi connectivity index (χ4v) is 2.45. The van der Waals surface area contributed by atoms with Gasteiger partial charge in [-0.3, -0.25) is 4.79 Å². The number of ether oxygens (including phenoxy) is 1. The molecule has 2 N–H and O–H groups in total. The normalized spacial score (nSPS) is 16.6. The summed E-state index contributed by atoms with van der Waals surface area (Å²) >= 11 is 0. The third kappa shape index (κ3) is 4.37. The van der Waals surface area contributed by atoms with E-state index in [2.05, 4.69) is 0 Å². The Hall–Kier alpha value is -1.76. The first-order valence-corrected chi connectivity index (χ1v) is 7.16. The van der Waals surface area contributed by atoms with E-state index in [0.717, 1.165) is 5.56 Å². The summed E-state index contributed by atoms with van der Waals surface area (Å²) in [4.78, 5) is 13.4. The lowest BCUT2D eigenvalue weighted by molar-refractivity contribution is -0.186. The molecule has 0 radical (unpaired) electrons. The zero-order valence-electron chi connectivity index (χ0n) is 12.1. The van der Waals surface area contributed by atoms with Crippen molar-refractivity contribution >= 4 is 5.91 Å². The molecule has 4 nitrogen and oxygen atoms in total. The molecule has 1 aromatic carbocycles. The summed E-state index contributed by atoms with van der Waals surface area (Å²) < 4.78 is 43.1. The van der Waals surface area contributed by atoms with Gasteiger partial charge in [0, 0.05) is 19.6 Å². The summed E-state index contributed by atoms with van der Waals surface area (Å²) in [5.74, 6) is -1.07. The lowest BCUT2D eigenvalue weighted by Crippen LogP contribution is -2.43. The highest BCUT2D eigenvalue weighted by molar-refractivity contribution is 5.77. The van der Waals surface area contributed by atoms with Gasteiger partial charge in [-0.05, 0) is 30.5 Å². The quantitative estimate of drug-likeness (QED) is 0.927. The molecule has 1 aromatic rings. The van der Waals surface area contributed by atoms with E-state index in [9.17, 15) is 18.0 Å². The van der Waals surface area contributed by atoms with Gasteiger partial charge >= 0.3 is 6.18 Å². The smallest absolute Gasteiger partial charge is 0.391 e. The maximum Gasteiger partial charge on any atom is 0.391 e. The second-order valence-corrected chi connectivity index (χ2v) is 5.34. The maximum atomic E-state index is 12.6. The Balaban J connectivity index is 1.81. The number of hydrogen-bond acceptors (Lipinski definition) is 3. The fourth-order valence-electron chi connectivity index (χ4n) is 2.45. The van der Waals surface area contributed by atoms with Gasteiger partial charge in [-0.1, -0.05) is 12.1 Å². The van der Waals surface area contributed by atoms with Crippen molar-refractivity contribution < 1.29 is 22.7 Å². The van der Waals surface area contributed by atoms with E-state index in [4.69, 9.17) is 10.5 Å². The SMILES string of the molecule is NCc1cccc(OCC(=O)N2CCC(C(F)(F)F)CC2)c1. The van der Waals surface area contributed by atoms with Crippen molar-refractivity contribution in [1.82, 2.24) is 4.90 Å². The molecule has 2 rings (SSSR count). The monoisotopic (exact) mass is 316 g/mol. The molecule has 0 spiro atoms. The molecule has 122 valence electrons. The third-order valence-corrected chi connectivity index (χ3v) is 3.81. The first kappa shape index (κ1) is 16.6. The predicted octanol–water partition coefficient (Wildman–Crippen LogP) is 2.33. The topological polar surface area (TPSA) is 55.6 Å². The van der Waals surface area contributed by atoms with E-state index in [1.54, 1.807) is 18.2 Å². The van der Waals surface area contributed by atoms with E-state index in [-0.39, 0.29) is 38.4 Å². The number of halogens is 3. The van der Waals surface area contributed by atoms with E-state index >= 15 is 0 Å². The number of benzene rings is 1. The number of amides is 1. The molecule has 22 heavy (non-hydrogen) atoms. The number of likely N-dealkylation sites (tertiary alicyclic amines) is 1. The van der Waals surface area contributed by atoms with E-state index < -0.39 is 12.1 Å². The fraction of sp³-hybridized carbons (Fsp3) is 0.533. The molecular weight excluding hydrogens is 297 g/mol. The number of nitrogens with two attached hydrogens (primary N) is 1. The number of piperidine rings is 1. The predicted molar refractivity (Wildman–Crippen MR) is 75.2 cm³/mol. The zero-order chi connectivity index (χ0) is 16.2. The summed E-state index contributed by atoms with van der Waals surface area (Å²) in [6.07, 6.45) is -4.26. The van der Waals surface area contributed by atoms with Crippen LogP contribution in [0, 0.1) is 5.92 Å². The average Bonchev–Trinajstić information content (AvgIpc) is 2.52. The number of alkyl halides is 3. The summed E-state index contributed by atoms with van der Waals surface area (Å²) in [7, 11) is 0. The first-order chi connectivity index (χ1) is 10.4. The molecule has 0 atom stereocenters. The molecule has 0 bridgehead atoms. The van der Waals surface area contributed by atoms with Gasteiger partial charge in [-0.2, -0.15) is 13.2 Å². The standard InChI is InChI=1S/C15H19F3N2O2/c16-15(17,18)12-4-6-20(7-5-12)14(21)10-22-13-3-1-2-11(8-13)9-19/h1-3,8,12H,4-7,9-10,19H2. The van der Waals surface area contributed by atoms with Crippen molar-refractivity contribution in [2.24, 2.45) is 11.7 Å². The highest BCUT2D eigenvalue weighted by Gasteiger charge is 2.41. The van der Waals surface area contributed by atoms with Crippen LogP contribution in [0.2, 0.25) is 0 Å². The molecule has 7 heteroatoms. The summed E-state index contributed by atoms with van der Waals surface area (Å²) in [5, 5.41) is 0. The summed E-state index contributed by atoms with van der Waals surface area (Å²) in [6, 6.07) is 7.07. The molecule has 0 aliphatic carbocycles.